The number of halogens is 2. The number of aryl methyl sites for hydroxylation is 1. The van der Waals surface area contributed by atoms with E-state index in [0.29, 0.717) is 0 Å². The van der Waals surface area contributed by atoms with Gasteiger partial charge in [0.25, 0.3) is 0 Å². The van der Waals surface area contributed by atoms with Crippen LogP contribution in [0.4, 0.5) is 0 Å². The molecule has 0 spiro atoms. The fourth-order valence-electron chi connectivity index (χ4n) is 4.15. The molecule has 0 radical (unpaired) electrons. The van der Waals surface area contributed by atoms with Crippen molar-refractivity contribution in [2.75, 3.05) is 0 Å². The largest absolute Gasteiger partial charge is 0.116 e. The highest BCUT2D eigenvalue weighted by atomic mass is 79.9. The van der Waals surface area contributed by atoms with E-state index in [4.69, 9.17) is 0 Å². The minimum Gasteiger partial charge on any atom is -0.0712 e. The summed E-state index contributed by atoms with van der Waals surface area (Å²) < 4.78 is 0.154. The van der Waals surface area contributed by atoms with E-state index in [-0.39, 0.29) is 3.74 Å². The summed E-state index contributed by atoms with van der Waals surface area (Å²) in [4.78, 5) is 0. The monoisotopic (exact) mass is 537 g/mol. The van der Waals surface area contributed by atoms with Gasteiger partial charge in [-0.2, -0.15) is 0 Å². The van der Waals surface area contributed by atoms with Crippen LogP contribution in [0, 0.1) is 6.92 Å². The zero-order valence-corrected chi connectivity index (χ0v) is 20.9. The van der Waals surface area contributed by atoms with Crippen molar-refractivity contribution >= 4 is 55.0 Å². The number of rotatable bonds is 6. The van der Waals surface area contributed by atoms with E-state index >= 15 is 0 Å². The summed E-state index contributed by atoms with van der Waals surface area (Å²) >= 11 is 7.38. The first-order valence-corrected chi connectivity index (χ1v) is 13.8. The van der Waals surface area contributed by atoms with Gasteiger partial charge < -0.3 is 0 Å². The lowest BCUT2D eigenvalue weighted by atomic mass is 10.1. The van der Waals surface area contributed by atoms with Gasteiger partial charge in [0, 0.05) is 0 Å². The van der Waals surface area contributed by atoms with Gasteiger partial charge in [-0.25, -0.2) is 0 Å². The third-order valence-electron chi connectivity index (χ3n) is 5.42. The molecule has 0 heterocycles. The lowest BCUT2D eigenvalue weighted by molar-refractivity contribution is 1.28. The first-order chi connectivity index (χ1) is 14.6. The normalized spacial score (nSPS) is 11.6. The molecule has 4 aromatic rings. The molecular weight excluding hydrogens is 515 g/mol. The van der Waals surface area contributed by atoms with E-state index in [1.54, 1.807) is 0 Å². The molecular formula is C27H24Br2P+. The molecule has 3 heteroatoms. The van der Waals surface area contributed by atoms with Crippen molar-refractivity contribution in [2.45, 2.75) is 16.8 Å². The van der Waals surface area contributed by atoms with Gasteiger partial charge >= 0.3 is 0 Å². The van der Waals surface area contributed by atoms with Gasteiger partial charge in [-0.15, -0.1) is 0 Å². The SMILES string of the molecule is Cc1cc(C[P+](c2ccccc2)(c2ccccc2)c2ccccc2)cc(C(Br)Br)c1. The summed E-state index contributed by atoms with van der Waals surface area (Å²) in [5.74, 6) is 0. The Balaban J connectivity index is 1.99. The van der Waals surface area contributed by atoms with Crippen LogP contribution in [0.25, 0.3) is 0 Å². The second-order valence-electron chi connectivity index (χ2n) is 7.53. The van der Waals surface area contributed by atoms with Crippen molar-refractivity contribution < 1.29 is 0 Å². The zero-order chi connectivity index (χ0) is 21.0. The molecule has 0 aromatic heterocycles. The average Bonchev–Trinajstić information content (AvgIpc) is 2.79. The second kappa shape index (κ2) is 9.60. The van der Waals surface area contributed by atoms with Crippen molar-refractivity contribution in [3.8, 4) is 0 Å². The highest BCUT2D eigenvalue weighted by Gasteiger charge is 2.45. The Morgan fingerprint density at radius 2 is 1.07 bits per heavy atom. The van der Waals surface area contributed by atoms with Gasteiger partial charge in [0.05, 0.1) is 9.90 Å². The van der Waals surface area contributed by atoms with Crippen LogP contribution >= 0.6 is 39.1 Å². The van der Waals surface area contributed by atoms with Crippen LogP contribution in [0.1, 0.15) is 20.4 Å². The molecule has 0 saturated carbocycles. The molecule has 150 valence electrons. The van der Waals surface area contributed by atoms with E-state index in [0.717, 1.165) is 6.16 Å². The maximum atomic E-state index is 3.69. The quantitative estimate of drug-likeness (QED) is 0.179. The zero-order valence-electron chi connectivity index (χ0n) is 16.9. The summed E-state index contributed by atoms with van der Waals surface area (Å²) in [6.07, 6.45) is 0.992. The van der Waals surface area contributed by atoms with Gasteiger partial charge in [0.15, 0.2) is 0 Å². The van der Waals surface area contributed by atoms with E-state index in [9.17, 15) is 0 Å². The van der Waals surface area contributed by atoms with Crippen LogP contribution in [-0.2, 0) is 6.16 Å². The fraction of sp³-hybridized carbons (Fsp3) is 0.111. The van der Waals surface area contributed by atoms with Crippen molar-refractivity contribution in [2.24, 2.45) is 0 Å². The number of hydrogen-bond acceptors (Lipinski definition) is 0. The fourth-order valence-corrected chi connectivity index (χ4v) is 8.90. The van der Waals surface area contributed by atoms with Crippen LogP contribution in [0.3, 0.4) is 0 Å². The Bertz CT molecular complexity index is 997. The number of hydrogen-bond donors (Lipinski definition) is 0. The van der Waals surface area contributed by atoms with E-state index in [1.807, 2.05) is 0 Å². The first-order valence-electron chi connectivity index (χ1n) is 10.0. The van der Waals surface area contributed by atoms with Gasteiger partial charge in [-0.05, 0) is 54.4 Å². The minimum absolute atomic E-state index is 0.154. The second-order valence-corrected chi connectivity index (χ2v) is 14.1. The molecule has 0 bridgehead atoms. The summed E-state index contributed by atoms with van der Waals surface area (Å²) in [6, 6.07) is 40.1. The Morgan fingerprint density at radius 1 is 0.633 bits per heavy atom. The molecule has 0 unspecified atom stereocenters. The highest BCUT2D eigenvalue weighted by molar-refractivity contribution is 9.24. The summed E-state index contributed by atoms with van der Waals surface area (Å²) in [5, 5.41) is 4.25. The Labute approximate surface area is 197 Å². The summed E-state index contributed by atoms with van der Waals surface area (Å²) in [5.41, 5.74) is 3.93. The molecule has 4 aromatic carbocycles. The topological polar surface area (TPSA) is 0 Å². The maximum absolute atomic E-state index is 3.69. The van der Waals surface area contributed by atoms with E-state index < -0.39 is 7.26 Å². The van der Waals surface area contributed by atoms with Crippen molar-refractivity contribution in [3.05, 3.63) is 126 Å². The van der Waals surface area contributed by atoms with Crippen LogP contribution in [-0.4, -0.2) is 0 Å². The van der Waals surface area contributed by atoms with Crippen molar-refractivity contribution in [1.82, 2.24) is 0 Å². The van der Waals surface area contributed by atoms with Crippen molar-refractivity contribution in [3.63, 3.8) is 0 Å². The molecule has 0 aliphatic heterocycles. The number of benzene rings is 4. The lowest BCUT2D eigenvalue weighted by Gasteiger charge is -2.28. The lowest BCUT2D eigenvalue weighted by Crippen LogP contribution is -2.32. The predicted octanol–water partition coefficient (Wildman–Crippen LogP) is 7.28. The van der Waals surface area contributed by atoms with Crippen LogP contribution in [0.5, 0.6) is 0 Å². The standard InChI is InChI=1S/C27H24Br2P/c1-21-17-22(19-23(18-21)27(28)29)20-30(24-11-5-2-6-12-24,25-13-7-3-8-14-25)26-15-9-4-10-16-26/h2-19,27H,20H2,1H3/q+1. The molecule has 30 heavy (non-hydrogen) atoms. The smallest absolute Gasteiger partial charge is 0.0712 e. The maximum Gasteiger partial charge on any atom is 0.116 e. The number of alkyl halides is 2. The van der Waals surface area contributed by atoms with Crippen LogP contribution in [0.2, 0.25) is 0 Å². The summed E-state index contributed by atoms with van der Waals surface area (Å²) in [6.45, 7) is 2.18. The third-order valence-corrected chi connectivity index (χ3v) is 10.9. The molecule has 0 aliphatic carbocycles. The average molecular weight is 539 g/mol. The van der Waals surface area contributed by atoms with Gasteiger partial charge in [0.1, 0.15) is 23.2 Å². The van der Waals surface area contributed by atoms with E-state index in [1.165, 1.54) is 32.6 Å². The third kappa shape index (κ3) is 4.47. The molecule has 0 amide bonds. The minimum atomic E-state index is -1.88. The van der Waals surface area contributed by atoms with Crippen LogP contribution in [0.15, 0.2) is 109 Å². The molecule has 0 N–H and O–H groups in total. The predicted molar refractivity (Wildman–Crippen MR) is 141 cm³/mol. The molecule has 0 fully saturated rings. The van der Waals surface area contributed by atoms with Gasteiger partial charge in [-0.1, -0.05) is 110 Å². The molecule has 0 aliphatic rings. The van der Waals surface area contributed by atoms with Gasteiger partial charge in [-0.3, -0.25) is 0 Å². The first kappa shape index (κ1) is 21.5. The molecule has 0 atom stereocenters. The molecule has 0 saturated heterocycles. The Hall–Kier alpha value is -1.73. The van der Waals surface area contributed by atoms with Crippen LogP contribution < -0.4 is 15.9 Å². The molecule has 4 rings (SSSR count). The highest BCUT2D eigenvalue weighted by Crippen LogP contribution is 2.58. The van der Waals surface area contributed by atoms with Gasteiger partial charge in [0.2, 0.25) is 0 Å². The molecule has 0 nitrogen and oxygen atoms in total. The Morgan fingerprint density at radius 3 is 1.47 bits per heavy atom. The van der Waals surface area contributed by atoms with E-state index in [2.05, 4.69) is 148 Å². The Kier molecular flexibility index (Phi) is 6.88. The van der Waals surface area contributed by atoms with Crippen molar-refractivity contribution in [1.29, 1.82) is 0 Å². The summed E-state index contributed by atoms with van der Waals surface area (Å²) in [7, 11) is -1.88.